The molecule has 7 nitrogen and oxygen atoms in total. The minimum absolute atomic E-state index is 0.0428. The third-order valence-corrected chi connectivity index (χ3v) is 8.43. The third kappa shape index (κ3) is 5.24. The summed E-state index contributed by atoms with van der Waals surface area (Å²) in [6.45, 7) is 12.2. The minimum Gasteiger partial charge on any atom is -0.482 e. The molecule has 210 valence electrons. The molecule has 0 aliphatic carbocycles. The van der Waals surface area contributed by atoms with Crippen LogP contribution in [0.15, 0.2) is 42.7 Å². The number of hydrogen-bond donors (Lipinski definition) is 0. The fraction of sp³-hybridized carbons (Fsp3) is 0.517. The van der Waals surface area contributed by atoms with E-state index < -0.39 is 11.7 Å². The van der Waals surface area contributed by atoms with Crippen LogP contribution in [0.25, 0.3) is 0 Å². The van der Waals surface area contributed by atoms with E-state index in [0.29, 0.717) is 56.3 Å². The predicted molar refractivity (Wildman–Crippen MR) is 141 cm³/mol. The molecule has 5 rings (SSSR count). The van der Waals surface area contributed by atoms with Crippen LogP contribution < -0.4 is 9.64 Å². The van der Waals surface area contributed by atoms with Crippen LogP contribution in [0.5, 0.6) is 5.75 Å². The Hall–Kier alpha value is -3.11. The standard InChI is InChI=1S/C29H35F3N4O3/c1-5-38-18-28(20(3)35-10-8-24-22(15-35)12-23(14-33-24)29(30,31)32)9-11-36(17-28)19(2)21-6-7-26-25(13-21)34(4)27(37)16-39-26/h6-7,12-14,19H,3,5,8-11,15-18H2,1-2,4H3. The Morgan fingerprint density at radius 2 is 2.08 bits per heavy atom. The van der Waals surface area contributed by atoms with Crippen molar-refractivity contribution in [3.05, 3.63) is 65.1 Å². The molecule has 1 aromatic heterocycles. The quantitative estimate of drug-likeness (QED) is 0.499. The first-order valence-corrected chi connectivity index (χ1v) is 13.4. The summed E-state index contributed by atoms with van der Waals surface area (Å²) in [5.41, 5.74) is 2.97. The molecule has 1 saturated heterocycles. The zero-order chi connectivity index (χ0) is 27.9. The molecule has 0 bridgehead atoms. The molecule has 39 heavy (non-hydrogen) atoms. The molecule has 1 fully saturated rings. The molecular formula is C29H35F3N4O3. The van der Waals surface area contributed by atoms with Crippen LogP contribution in [0.4, 0.5) is 18.9 Å². The second-order valence-electron chi connectivity index (χ2n) is 10.7. The number of fused-ring (bicyclic) bond motifs is 2. The number of rotatable bonds is 7. The van der Waals surface area contributed by atoms with Gasteiger partial charge < -0.3 is 19.3 Å². The largest absolute Gasteiger partial charge is 0.482 e. The lowest BCUT2D eigenvalue weighted by molar-refractivity contribution is -0.138. The lowest BCUT2D eigenvalue weighted by atomic mass is 9.83. The van der Waals surface area contributed by atoms with Gasteiger partial charge in [0, 0.05) is 68.8 Å². The first kappa shape index (κ1) is 27.5. The van der Waals surface area contributed by atoms with Gasteiger partial charge >= 0.3 is 6.18 Å². The summed E-state index contributed by atoms with van der Waals surface area (Å²) in [4.78, 5) is 22.4. The number of likely N-dealkylation sites (N-methyl/N-ethyl adjacent to an activating group) is 1. The number of nitrogens with zero attached hydrogens (tertiary/aromatic N) is 4. The van der Waals surface area contributed by atoms with Gasteiger partial charge in [-0.3, -0.25) is 14.7 Å². The number of alkyl halides is 3. The average molecular weight is 545 g/mol. The Morgan fingerprint density at radius 1 is 1.28 bits per heavy atom. The maximum Gasteiger partial charge on any atom is 0.417 e. The molecule has 3 aliphatic rings. The van der Waals surface area contributed by atoms with Gasteiger partial charge in [0.05, 0.1) is 17.9 Å². The highest BCUT2D eigenvalue weighted by molar-refractivity contribution is 5.97. The van der Waals surface area contributed by atoms with Crippen molar-refractivity contribution in [2.24, 2.45) is 5.41 Å². The highest BCUT2D eigenvalue weighted by atomic mass is 19.4. The van der Waals surface area contributed by atoms with Gasteiger partial charge in [0.25, 0.3) is 5.91 Å². The summed E-state index contributed by atoms with van der Waals surface area (Å²) in [6, 6.07) is 7.26. The second kappa shape index (κ2) is 10.5. The summed E-state index contributed by atoms with van der Waals surface area (Å²) in [5.74, 6) is 0.614. The Bertz CT molecular complexity index is 1270. The van der Waals surface area contributed by atoms with Crippen LogP contribution in [-0.4, -0.2) is 67.2 Å². The number of anilines is 1. The smallest absolute Gasteiger partial charge is 0.417 e. The number of benzene rings is 1. The van der Waals surface area contributed by atoms with E-state index in [1.165, 1.54) is 6.07 Å². The van der Waals surface area contributed by atoms with Crippen LogP contribution >= 0.6 is 0 Å². The van der Waals surface area contributed by atoms with E-state index in [0.717, 1.165) is 36.1 Å². The van der Waals surface area contributed by atoms with Crippen LogP contribution in [0.3, 0.4) is 0 Å². The van der Waals surface area contributed by atoms with E-state index in [-0.39, 0.29) is 24.0 Å². The van der Waals surface area contributed by atoms with E-state index in [2.05, 4.69) is 28.3 Å². The SMILES string of the molecule is C=C(N1CCc2ncc(C(F)(F)F)cc2C1)C1(COCC)CCN(C(C)c2ccc3c(c2)N(C)C(=O)CO3)C1. The molecule has 3 aliphatic heterocycles. The molecule has 0 radical (unpaired) electrons. The normalized spacial score (nSPS) is 22.4. The van der Waals surface area contributed by atoms with E-state index >= 15 is 0 Å². The van der Waals surface area contributed by atoms with Crippen LogP contribution in [-0.2, 0) is 28.7 Å². The first-order chi connectivity index (χ1) is 18.5. The minimum atomic E-state index is -4.43. The fourth-order valence-electron chi connectivity index (χ4n) is 5.88. The van der Waals surface area contributed by atoms with Crippen molar-refractivity contribution in [2.45, 2.75) is 45.5 Å². The maximum absolute atomic E-state index is 13.3. The van der Waals surface area contributed by atoms with E-state index in [1.807, 2.05) is 25.1 Å². The molecule has 10 heteroatoms. The third-order valence-electron chi connectivity index (χ3n) is 8.43. The number of ether oxygens (including phenoxy) is 2. The van der Waals surface area contributed by atoms with Crippen LogP contribution in [0.2, 0.25) is 0 Å². The van der Waals surface area contributed by atoms with E-state index in [9.17, 15) is 18.0 Å². The van der Waals surface area contributed by atoms with Crippen molar-refractivity contribution < 1.29 is 27.4 Å². The number of carbonyl (C=O) groups is 1. The molecule has 0 N–H and O–H groups in total. The topological polar surface area (TPSA) is 58.1 Å². The zero-order valence-electron chi connectivity index (χ0n) is 22.7. The molecule has 0 saturated carbocycles. The molecule has 1 amide bonds. The monoisotopic (exact) mass is 544 g/mol. The highest BCUT2D eigenvalue weighted by Gasteiger charge is 2.45. The number of carbonyl (C=O) groups excluding carboxylic acids is 1. The van der Waals surface area contributed by atoms with Crippen LogP contribution in [0.1, 0.15) is 48.7 Å². The van der Waals surface area contributed by atoms with Gasteiger partial charge in [-0.2, -0.15) is 13.2 Å². The predicted octanol–water partition coefficient (Wildman–Crippen LogP) is 4.82. The summed E-state index contributed by atoms with van der Waals surface area (Å²) >= 11 is 0. The number of amides is 1. The molecule has 2 aromatic rings. The summed E-state index contributed by atoms with van der Waals surface area (Å²) in [7, 11) is 1.76. The number of pyridine rings is 1. The molecular weight excluding hydrogens is 509 g/mol. The molecule has 0 spiro atoms. The molecule has 2 atom stereocenters. The summed E-state index contributed by atoms with van der Waals surface area (Å²) < 4.78 is 51.6. The number of aromatic nitrogens is 1. The molecule has 2 unspecified atom stereocenters. The Balaban J connectivity index is 1.35. The van der Waals surface area contributed by atoms with Gasteiger partial charge in [0.2, 0.25) is 0 Å². The lowest BCUT2D eigenvalue weighted by Crippen LogP contribution is -2.42. The van der Waals surface area contributed by atoms with Crippen molar-refractivity contribution in [3.63, 3.8) is 0 Å². The average Bonchev–Trinajstić information content (AvgIpc) is 3.37. The van der Waals surface area contributed by atoms with Crippen molar-refractivity contribution in [1.29, 1.82) is 0 Å². The van der Waals surface area contributed by atoms with Crippen LogP contribution in [0, 0.1) is 5.41 Å². The second-order valence-corrected chi connectivity index (χ2v) is 10.7. The van der Waals surface area contributed by atoms with Crippen molar-refractivity contribution in [2.75, 3.05) is 51.4 Å². The van der Waals surface area contributed by atoms with Gasteiger partial charge in [0.15, 0.2) is 6.61 Å². The van der Waals surface area contributed by atoms with Crippen molar-refractivity contribution in [3.8, 4) is 5.75 Å². The summed E-state index contributed by atoms with van der Waals surface area (Å²) in [5, 5.41) is 0. The zero-order valence-corrected chi connectivity index (χ0v) is 22.7. The Labute approximate surface area is 227 Å². The van der Waals surface area contributed by atoms with Gasteiger partial charge in [-0.15, -0.1) is 0 Å². The van der Waals surface area contributed by atoms with Crippen molar-refractivity contribution in [1.82, 2.24) is 14.8 Å². The maximum atomic E-state index is 13.3. The molecule has 4 heterocycles. The first-order valence-electron chi connectivity index (χ1n) is 13.4. The van der Waals surface area contributed by atoms with Crippen molar-refractivity contribution >= 4 is 11.6 Å². The number of hydrogen-bond acceptors (Lipinski definition) is 6. The van der Waals surface area contributed by atoms with Gasteiger partial charge in [-0.1, -0.05) is 12.6 Å². The van der Waals surface area contributed by atoms with Gasteiger partial charge in [0.1, 0.15) is 5.75 Å². The lowest BCUT2D eigenvalue weighted by Gasteiger charge is -2.41. The van der Waals surface area contributed by atoms with Gasteiger partial charge in [-0.05, 0) is 56.1 Å². The Morgan fingerprint density at radius 3 is 2.82 bits per heavy atom. The molecule has 1 aromatic carbocycles. The van der Waals surface area contributed by atoms with E-state index in [1.54, 1.807) is 11.9 Å². The van der Waals surface area contributed by atoms with E-state index in [4.69, 9.17) is 9.47 Å². The highest BCUT2D eigenvalue weighted by Crippen LogP contribution is 2.44. The Kier molecular flexibility index (Phi) is 7.37. The summed E-state index contributed by atoms with van der Waals surface area (Å²) in [6.07, 6.45) is -2.10. The van der Waals surface area contributed by atoms with Gasteiger partial charge in [-0.25, -0.2) is 0 Å². The number of likely N-dealkylation sites (tertiary alicyclic amines) is 1. The number of halogens is 3. The fourth-order valence-corrected chi connectivity index (χ4v) is 5.88.